The average molecular weight is 348 g/mol. The first-order valence-electron chi connectivity index (χ1n) is 7.96. The van der Waals surface area contributed by atoms with Crippen molar-refractivity contribution in [3.8, 4) is 0 Å². The Kier molecular flexibility index (Phi) is 4.60. The SMILES string of the molecule is Cc1ccc(N2CCN(S(=O)(=O)c3ccc(F)cc3)CC2)cc1C. The quantitative estimate of drug-likeness (QED) is 0.856. The molecular weight excluding hydrogens is 327 g/mol. The van der Waals surface area contributed by atoms with Crippen LogP contribution in [-0.4, -0.2) is 38.9 Å². The second-order valence-electron chi connectivity index (χ2n) is 6.11. The van der Waals surface area contributed by atoms with Crippen molar-refractivity contribution in [2.75, 3.05) is 31.1 Å². The highest BCUT2D eigenvalue weighted by Crippen LogP contribution is 2.23. The minimum atomic E-state index is -3.56. The van der Waals surface area contributed by atoms with Crippen molar-refractivity contribution in [1.82, 2.24) is 4.31 Å². The van der Waals surface area contributed by atoms with E-state index >= 15 is 0 Å². The Balaban J connectivity index is 1.72. The van der Waals surface area contributed by atoms with E-state index in [4.69, 9.17) is 0 Å². The minimum absolute atomic E-state index is 0.142. The summed E-state index contributed by atoms with van der Waals surface area (Å²) in [6, 6.07) is 11.3. The van der Waals surface area contributed by atoms with E-state index in [9.17, 15) is 12.8 Å². The summed E-state index contributed by atoms with van der Waals surface area (Å²) < 4.78 is 39.7. The molecular formula is C18H21FN2O2S. The molecule has 0 atom stereocenters. The van der Waals surface area contributed by atoms with E-state index in [1.165, 1.54) is 39.7 Å². The first-order chi connectivity index (χ1) is 11.4. The Hall–Kier alpha value is -1.92. The van der Waals surface area contributed by atoms with Crippen LogP contribution in [0.5, 0.6) is 0 Å². The Morgan fingerprint density at radius 3 is 2.08 bits per heavy atom. The van der Waals surface area contributed by atoms with Crippen LogP contribution in [0.4, 0.5) is 10.1 Å². The first kappa shape index (κ1) is 16.9. The Bertz CT molecular complexity index is 827. The predicted octanol–water partition coefficient (Wildman–Crippen LogP) is 2.95. The van der Waals surface area contributed by atoms with Crippen molar-refractivity contribution in [1.29, 1.82) is 0 Å². The normalized spacial score (nSPS) is 16.4. The van der Waals surface area contributed by atoms with Gasteiger partial charge in [-0.3, -0.25) is 0 Å². The number of nitrogens with zero attached hydrogens (tertiary/aromatic N) is 2. The van der Waals surface area contributed by atoms with E-state index in [1.54, 1.807) is 0 Å². The van der Waals surface area contributed by atoms with Gasteiger partial charge in [0.2, 0.25) is 10.0 Å². The lowest BCUT2D eigenvalue weighted by atomic mass is 10.1. The maximum Gasteiger partial charge on any atom is 0.243 e. The van der Waals surface area contributed by atoms with Gasteiger partial charge in [-0.1, -0.05) is 6.07 Å². The van der Waals surface area contributed by atoms with Crippen LogP contribution in [0.15, 0.2) is 47.4 Å². The topological polar surface area (TPSA) is 40.6 Å². The number of aryl methyl sites for hydroxylation is 2. The van der Waals surface area contributed by atoms with E-state index in [0.29, 0.717) is 26.2 Å². The molecule has 2 aromatic carbocycles. The molecule has 0 amide bonds. The summed E-state index contributed by atoms with van der Waals surface area (Å²) in [6.07, 6.45) is 0. The summed E-state index contributed by atoms with van der Waals surface area (Å²) in [5, 5.41) is 0. The number of piperazine rings is 1. The third-order valence-electron chi connectivity index (χ3n) is 4.55. The molecule has 0 spiro atoms. The number of halogens is 1. The zero-order valence-electron chi connectivity index (χ0n) is 13.9. The third-order valence-corrected chi connectivity index (χ3v) is 6.46. The molecule has 0 aliphatic carbocycles. The van der Waals surface area contributed by atoms with Crippen molar-refractivity contribution in [2.24, 2.45) is 0 Å². The van der Waals surface area contributed by atoms with E-state index in [0.717, 1.165) is 5.69 Å². The van der Waals surface area contributed by atoms with Gasteiger partial charge in [0.25, 0.3) is 0 Å². The maximum atomic E-state index is 13.0. The van der Waals surface area contributed by atoms with Crippen LogP contribution < -0.4 is 4.90 Å². The number of rotatable bonds is 3. The van der Waals surface area contributed by atoms with Crippen LogP contribution in [0.2, 0.25) is 0 Å². The zero-order valence-corrected chi connectivity index (χ0v) is 14.7. The summed E-state index contributed by atoms with van der Waals surface area (Å²) in [7, 11) is -3.56. The molecule has 1 heterocycles. The van der Waals surface area contributed by atoms with Crippen LogP contribution in [0.3, 0.4) is 0 Å². The molecule has 2 aromatic rings. The monoisotopic (exact) mass is 348 g/mol. The summed E-state index contributed by atoms with van der Waals surface area (Å²) in [6.45, 7) is 6.28. The number of benzene rings is 2. The average Bonchev–Trinajstić information content (AvgIpc) is 2.58. The number of hydrogen-bond acceptors (Lipinski definition) is 3. The molecule has 0 saturated carbocycles. The zero-order chi connectivity index (χ0) is 17.3. The fourth-order valence-corrected chi connectivity index (χ4v) is 4.29. The van der Waals surface area contributed by atoms with Crippen molar-refractivity contribution in [3.63, 3.8) is 0 Å². The van der Waals surface area contributed by atoms with Crippen molar-refractivity contribution < 1.29 is 12.8 Å². The number of sulfonamides is 1. The number of hydrogen-bond donors (Lipinski definition) is 0. The molecule has 3 rings (SSSR count). The van der Waals surface area contributed by atoms with Crippen molar-refractivity contribution in [3.05, 3.63) is 59.4 Å². The lowest BCUT2D eigenvalue weighted by Gasteiger charge is -2.35. The molecule has 1 aliphatic rings. The highest BCUT2D eigenvalue weighted by Gasteiger charge is 2.28. The van der Waals surface area contributed by atoms with Gasteiger partial charge >= 0.3 is 0 Å². The Morgan fingerprint density at radius 2 is 1.50 bits per heavy atom. The van der Waals surface area contributed by atoms with Crippen LogP contribution in [0.1, 0.15) is 11.1 Å². The molecule has 24 heavy (non-hydrogen) atoms. The highest BCUT2D eigenvalue weighted by atomic mass is 32.2. The Labute approximate surface area is 142 Å². The predicted molar refractivity (Wildman–Crippen MR) is 93.3 cm³/mol. The lowest BCUT2D eigenvalue weighted by Crippen LogP contribution is -2.48. The van der Waals surface area contributed by atoms with E-state index in [1.807, 2.05) is 0 Å². The van der Waals surface area contributed by atoms with Gasteiger partial charge in [-0.2, -0.15) is 4.31 Å². The van der Waals surface area contributed by atoms with Crippen LogP contribution in [-0.2, 0) is 10.0 Å². The third kappa shape index (κ3) is 3.30. The largest absolute Gasteiger partial charge is 0.369 e. The minimum Gasteiger partial charge on any atom is -0.369 e. The van der Waals surface area contributed by atoms with Gasteiger partial charge in [0.1, 0.15) is 5.82 Å². The Morgan fingerprint density at radius 1 is 0.875 bits per heavy atom. The van der Waals surface area contributed by atoms with Crippen LogP contribution >= 0.6 is 0 Å². The standard InChI is InChI=1S/C18H21FN2O2S/c1-14-3-6-17(13-15(14)2)20-9-11-21(12-10-20)24(22,23)18-7-4-16(19)5-8-18/h3-8,13H,9-12H2,1-2H3. The van der Waals surface area contributed by atoms with E-state index < -0.39 is 15.8 Å². The van der Waals surface area contributed by atoms with Crippen LogP contribution in [0.25, 0.3) is 0 Å². The summed E-state index contributed by atoms with van der Waals surface area (Å²) in [4.78, 5) is 2.34. The molecule has 0 aromatic heterocycles. The van der Waals surface area contributed by atoms with Crippen molar-refractivity contribution in [2.45, 2.75) is 18.7 Å². The van der Waals surface area contributed by atoms with Gasteiger partial charge in [0.05, 0.1) is 4.90 Å². The molecule has 6 heteroatoms. The fourth-order valence-electron chi connectivity index (χ4n) is 2.86. The molecule has 128 valence electrons. The molecule has 1 saturated heterocycles. The van der Waals surface area contributed by atoms with Crippen molar-refractivity contribution >= 4 is 15.7 Å². The van der Waals surface area contributed by atoms with E-state index in [2.05, 4.69) is 36.9 Å². The smallest absolute Gasteiger partial charge is 0.243 e. The molecule has 1 aliphatic heterocycles. The number of anilines is 1. The molecule has 0 radical (unpaired) electrons. The van der Waals surface area contributed by atoms with Gasteiger partial charge in [-0.05, 0) is 61.4 Å². The molecule has 1 fully saturated rings. The lowest BCUT2D eigenvalue weighted by molar-refractivity contribution is 0.385. The second-order valence-corrected chi connectivity index (χ2v) is 8.05. The first-order valence-corrected chi connectivity index (χ1v) is 9.40. The van der Waals surface area contributed by atoms with Gasteiger partial charge < -0.3 is 4.90 Å². The summed E-state index contributed by atoms with van der Waals surface area (Å²) in [5.41, 5.74) is 3.60. The molecule has 0 unspecified atom stereocenters. The van der Waals surface area contributed by atoms with E-state index in [-0.39, 0.29) is 4.90 Å². The highest BCUT2D eigenvalue weighted by molar-refractivity contribution is 7.89. The fraction of sp³-hybridized carbons (Fsp3) is 0.333. The maximum absolute atomic E-state index is 13.0. The van der Waals surface area contributed by atoms with Gasteiger partial charge in [-0.15, -0.1) is 0 Å². The summed E-state index contributed by atoms with van der Waals surface area (Å²) in [5.74, 6) is -0.437. The van der Waals surface area contributed by atoms with Crippen LogP contribution in [0, 0.1) is 19.7 Å². The van der Waals surface area contributed by atoms with Gasteiger partial charge in [0.15, 0.2) is 0 Å². The van der Waals surface area contributed by atoms with Gasteiger partial charge in [-0.25, -0.2) is 12.8 Å². The second kappa shape index (κ2) is 6.53. The summed E-state index contributed by atoms with van der Waals surface area (Å²) >= 11 is 0. The molecule has 0 bridgehead atoms. The molecule has 4 nitrogen and oxygen atoms in total. The molecule has 0 N–H and O–H groups in total. The van der Waals surface area contributed by atoms with Gasteiger partial charge in [0, 0.05) is 31.9 Å².